The van der Waals surface area contributed by atoms with Crippen molar-refractivity contribution in [2.24, 2.45) is 10.9 Å². The topological polar surface area (TPSA) is 39.7 Å². The molecule has 0 radical (unpaired) electrons. The lowest BCUT2D eigenvalue weighted by Gasteiger charge is -2.34. The van der Waals surface area contributed by atoms with Gasteiger partial charge in [-0.2, -0.15) is 0 Å². The third-order valence-electron chi connectivity index (χ3n) is 4.00. The van der Waals surface area contributed by atoms with Gasteiger partial charge in [0.25, 0.3) is 0 Å². The standard InChI is InChI=1S/C16H30N4.HI/c1-5-12-18-16(17-6-2)19-13-15(20(3)4)14-10-8-7-9-11-14;/h1,14-15H,6-13H2,2-4H3,(H2,17,18,19);1H. The molecule has 1 rings (SSSR count). The van der Waals surface area contributed by atoms with Crippen LogP contribution >= 0.6 is 24.0 Å². The summed E-state index contributed by atoms with van der Waals surface area (Å²) in [5, 5.41) is 6.39. The Morgan fingerprint density at radius 3 is 2.48 bits per heavy atom. The average molecular weight is 406 g/mol. The molecule has 0 aromatic rings. The monoisotopic (exact) mass is 406 g/mol. The number of nitrogens with one attached hydrogen (secondary N) is 2. The molecule has 1 unspecified atom stereocenters. The highest BCUT2D eigenvalue weighted by atomic mass is 127. The third kappa shape index (κ3) is 7.91. The van der Waals surface area contributed by atoms with Crippen LogP contribution in [0.5, 0.6) is 0 Å². The van der Waals surface area contributed by atoms with Crippen molar-refractivity contribution < 1.29 is 0 Å². The average Bonchev–Trinajstić information content (AvgIpc) is 2.45. The number of hydrogen-bond donors (Lipinski definition) is 2. The Morgan fingerprint density at radius 1 is 1.29 bits per heavy atom. The molecule has 4 nitrogen and oxygen atoms in total. The molecule has 0 bridgehead atoms. The summed E-state index contributed by atoms with van der Waals surface area (Å²) in [6.07, 6.45) is 12.1. The zero-order chi connectivity index (χ0) is 14.8. The normalized spacial score (nSPS) is 17.8. The van der Waals surface area contributed by atoms with Gasteiger partial charge in [-0.25, -0.2) is 0 Å². The molecular weight excluding hydrogens is 375 g/mol. The van der Waals surface area contributed by atoms with Gasteiger partial charge in [0.1, 0.15) is 0 Å². The second-order valence-electron chi connectivity index (χ2n) is 5.71. The number of hydrogen-bond acceptors (Lipinski definition) is 2. The van der Waals surface area contributed by atoms with Gasteiger partial charge in [0.05, 0.1) is 13.1 Å². The Balaban J connectivity index is 0.00000400. The highest BCUT2D eigenvalue weighted by molar-refractivity contribution is 14.0. The van der Waals surface area contributed by atoms with E-state index in [4.69, 9.17) is 11.4 Å². The minimum absolute atomic E-state index is 0. The van der Waals surface area contributed by atoms with Crippen LogP contribution in [0.15, 0.2) is 4.99 Å². The van der Waals surface area contributed by atoms with Gasteiger partial charge in [0, 0.05) is 12.6 Å². The summed E-state index contributed by atoms with van der Waals surface area (Å²) in [5.41, 5.74) is 0. The summed E-state index contributed by atoms with van der Waals surface area (Å²) in [5.74, 6) is 4.19. The zero-order valence-electron chi connectivity index (χ0n) is 13.7. The first-order chi connectivity index (χ1) is 9.69. The molecule has 1 atom stereocenters. The maximum atomic E-state index is 5.29. The quantitative estimate of drug-likeness (QED) is 0.308. The van der Waals surface area contributed by atoms with Gasteiger partial charge in [-0.1, -0.05) is 25.2 Å². The molecule has 0 saturated heterocycles. The maximum absolute atomic E-state index is 5.29. The SMILES string of the molecule is C#CCNC(=NCC(C1CCCCC1)N(C)C)NCC.I. The van der Waals surface area contributed by atoms with Crippen molar-refractivity contribution in [1.82, 2.24) is 15.5 Å². The molecule has 0 heterocycles. The van der Waals surface area contributed by atoms with E-state index < -0.39 is 0 Å². The first-order valence-corrected chi connectivity index (χ1v) is 7.81. The van der Waals surface area contributed by atoms with Gasteiger partial charge < -0.3 is 15.5 Å². The fourth-order valence-electron chi connectivity index (χ4n) is 2.91. The van der Waals surface area contributed by atoms with E-state index in [0.717, 1.165) is 25.0 Å². The van der Waals surface area contributed by atoms with Gasteiger partial charge in [-0.3, -0.25) is 4.99 Å². The predicted octanol–water partition coefficient (Wildman–Crippen LogP) is 2.30. The van der Waals surface area contributed by atoms with E-state index in [2.05, 4.69) is 42.5 Å². The summed E-state index contributed by atoms with van der Waals surface area (Å²) < 4.78 is 0. The van der Waals surface area contributed by atoms with Crippen LogP contribution in [0.2, 0.25) is 0 Å². The molecule has 2 N–H and O–H groups in total. The number of nitrogens with zero attached hydrogens (tertiary/aromatic N) is 2. The van der Waals surface area contributed by atoms with E-state index in [1.807, 2.05) is 0 Å². The largest absolute Gasteiger partial charge is 0.357 e. The van der Waals surface area contributed by atoms with E-state index >= 15 is 0 Å². The lowest BCUT2D eigenvalue weighted by molar-refractivity contribution is 0.176. The predicted molar refractivity (Wildman–Crippen MR) is 102 cm³/mol. The van der Waals surface area contributed by atoms with Crippen molar-refractivity contribution in [3.8, 4) is 12.3 Å². The smallest absolute Gasteiger partial charge is 0.192 e. The Morgan fingerprint density at radius 2 is 1.95 bits per heavy atom. The Bertz CT molecular complexity index is 330. The molecule has 122 valence electrons. The summed E-state index contributed by atoms with van der Waals surface area (Å²) in [6.45, 7) is 4.27. The fourth-order valence-corrected chi connectivity index (χ4v) is 2.91. The minimum atomic E-state index is 0. The van der Waals surface area contributed by atoms with Gasteiger partial charge in [-0.15, -0.1) is 30.4 Å². The Labute approximate surface area is 147 Å². The molecule has 21 heavy (non-hydrogen) atoms. The molecule has 0 aliphatic heterocycles. The van der Waals surface area contributed by atoms with Gasteiger partial charge in [-0.05, 0) is 39.8 Å². The lowest BCUT2D eigenvalue weighted by atomic mass is 9.83. The highest BCUT2D eigenvalue weighted by Gasteiger charge is 2.25. The first kappa shape index (κ1) is 20.5. The molecule has 0 aromatic heterocycles. The van der Waals surface area contributed by atoms with Crippen LogP contribution in [-0.4, -0.2) is 50.6 Å². The van der Waals surface area contributed by atoms with Crippen molar-refractivity contribution in [3.63, 3.8) is 0 Å². The zero-order valence-corrected chi connectivity index (χ0v) is 16.0. The second kappa shape index (κ2) is 12.1. The highest BCUT2D eigenvalue weighted by Crippen LogP contribution is 2.28. The van der Waals surface area contributed by atoms with E-state index in [-0.39, 0.29) is 24.0 Å². The summed E-state index contributed by atoms with van der Waals surface area (Å²) >= 11 is 0. The van der Waals surface area contributed by atoms with Crippen LogP contribution in [0.3, 0.4) is 0 Å². The number of guanidine groups is 1. The van der Waals surface area contributed by atoms with Crippen LogP contribution in [0, 0.1) is 18.3 Å². The van der Waals surface area contributed by atoms with Crippen LogP contribution in [0.25, 0.3) is 0 Å². The second-order valence-corrected chi connectivity index (χ2v) is 5.71. The first-order valence-electron chi connectivity index (χ1n) is 7.81. The number of aliphatic imine (C=N–C) groups is 1. The minimum Gasteiger partial charge on any atom is -0.357 e. The summed E-state index contributed by atoms with van der Waals surface area (Å²) in [7, 11) is 4.33. The van der Waals surface area contributed by atoms with E-state index in [9.17, 15) is 0 Å². The maximum Gasteiger partial charge on any atom is 0.192 e. The summed E-state index contributed by atoms with van der Waals surface area (Å²) in [6, 6.07) is 0.525. The van der Waals surface area contributed by atoms with Crippen LogP contribution in [0.4, 0.5) is 0 Å². The molecule has 1 aliphatic carbocycles. The van der Waals surface area contributed by atoms with Crippen LogP contribution < -0.4 is 10.6 Å². The Kier molecular flexibility index (Phi) is 11.8. The van der Waals surface area contributed by atoms with Crippen LogP contribution in [0.1, 0.15) is 39.0 Å². The van der Waals surface area contributed by atoms with Crippen LogP contribution in [-0.2, 0) is 0 Å². The van der Waals surface area contributed by atoms with Crippen molar-refractivity contribution >= 4 is 29.9 Å². The van der Waals surface area contributed by atoms with Crippen molar-refractivity contribution in [3.05, 3.63) is 0 Å². The molecule has 1 saturated carbocycles. The summed E-state index contributed by atoms with van der Waals surface area (Å²) in [4.78, 5) is 7.03. The molecule has 0 spiro atoms. The number of terminal acetylenes is 1. The lowest BCUT2D eigenvalue weighted by Crippen LogP contribution is -2.42. The van der Waals surface area contributed by atoms with E-state index in [0.29, 0.717) is 12.6 Å². The Hall–Kier alpha value is -0.480. The number of halogens is 1. The van der Waals surface area contributed by atoms with E-state index in [1.165, 1.54) is 32.1 Å². The van der Waals surface area contributed by atoms with Crippen molar-refractivity contribution in [2.45, 2.75) is 45.1 Å². The molecular formula is C16H31IN4. The molecule has 1 fully saturated rings. The van der Waals surface area contributed by atoms with E-state index in [1.54, 1.807) is 0 Å². The molecule has 0 aromatic carbocycles. The van der Waals surface area contributed by atoms with Crippen molar-refractivity contribution in [2.75, 3.05) is 33.7 Å². The molecule has 5 heteroatoms. The van der Waals surface area contributed by atoms with Crippen molar-refractivity contribution in [1.29, 1.82) is 0 Å². The van der Waals surface area contributed by atoms with Gasteiger partial charge >= 0.3 is 0 Å². The molecule has 1 aliphatic rings. The third-order valence-corrected chi connectivity index (χ3v) is 4.00. The number of likely N-dealkylation sites (N-methyl/N-ethyl adjacent to an activating group) is 1. The fraction of sp³-hybridized carbons (Fsp3) is 0.812. The number of rotatable bonds is 6. The molecule has 0 amide bonds. The van der Waals surface area contributed by atoms with Gasteiger partial charge in [0.15, 0.2) is 5.96 Å². The van der Waals surface area contributed by atoms with Gasteiger partial charge in [0.2, 0.25) is 0 Å².